The number of methoxy groups -OCH3 is 1. The number of hydrogen-bond acceptors (Lipinski definition) is 5. The summed E-state index contributed by atoms with van der Waals surface area (Å²) in [6.45, 7) is 5.76. The van der Waals surface area contributed by atoms with Crippen LogP contribution in [0.4, 0.5) is 4.39 Å². The van der Waals surface area contributed by atoms with E-state index in [-0.39, 0.29) is 24.3 Å². The first-order chi connectivity index (χ1) is 17.3. The van der Waals surface area contributed by atoms with Gasteiger partial charge in [-0.3, -0.25) is 0 Å². The molecule has 1 aromatic heterocycles. The van der Waals surface area contributed by atoms with Crippen LogP contribution in [0.2, 0.25) is 0 Å². The van der Waals surface area contributed by atoms with Crippen LogP contribution < -0.4 is 0 Å². The Morgan fingerprint density at radius 2 is 2.03 bits per heavy atom. The molecule has 0 spiro atoms. The molecule has 2 aromatic carbocycles. The summed E-state index contributed by atoms with van der Waals surface area (Å²) in [5, 5.41) is 0. The molecule has 0 fully saturated rings. The monoisotopic (exact) mass is 493 g/mol. The standard InChI is InChI=1S/C29H36FN3O3/c1-20(2)28-23-12-11-22(30)18-21(23)13-14-29(28,36-27(34)19-35-4)15-17-33(3)16-7-10-26-31-24-8-5-6-9-25(24)32-26/h5-6,8-9,11-14,18,20,28H,7,10,15-17,19H2,1-4H3,(H,31,32)/t28-,29-/m0/s1. The number of carbonyl (C=O) groups is 1. The quantitative estimate of drug-likeness (QED) is 0.365. The highest BCUT2D eigenvalue weighted by molar-refractivity contribution is 5.74. The van der Waals surface area contributed by atoms with Crippen LogP contribution in [-0.4, -0.2) is 60.3 Å². The van der Waals surface area contributed by atoms with Crippen LogP contribution in [0.15, 0.2) is 48.5 Å². The number of ether oxygens (including phenoxy) is 2. The van der Waals surface area contributed by atoms with Crippen molar-refractivity contribution in [1.82, 2.24) is 14.9 Å². The molecule has 0 bridgehead atoms. The maximum absolute atomic E-state index is 13.9. The minimum Gasteiger partial charge on any atom is -0.452 e. The molecule has 0 amide bonds. The van der Waals surface area contributed by atoms with Crippen molar-refractivity contribution in [2.45, 2.75) is 44.6 Å². The van der Waals surface area contributed by atoms with Gasteiger partial charge >= 0.3 is 5.97 Å². The largest absolute Gasteiger partial charge is 0.452 e. The molecule has 7 heteroatoms. The van der Waals surface area contributed by atoms with Gasteiger partial charge in [-0.1, -0.05) is 38.1 Å². The second-order valence-electron chi connectivity index (χ2n) is 10.0. The van der Waals surface area contributed by atoms with Gasteiger partial charge in [0.05, 0.1) is 11.0 Å². The van der Waals surface area contributed by atoms with E-state index in [9.17, 15) is 9.18 Å². The average molecular weight is 494 g/mol. The molecule has 1 aliphatic rings. The fourth-order valence-electron chi connectivity index (χ4n) is 5.36. The number of imidazole rings is 1. The SMILES string of the molecule is COCC(=O)O[C@]1(CCN(C)CCCc2nc3ccccc3[nH]2)C=Cc2cc(F)ccc2[C@@H]1C(C)C. The Morgan fingerprint density at radius 1 is 1.22 bits per heavy atom. The first kappa shape index (κ1) is 26.0. The van der Waals surface area contributed by atoms with Crippen molar-refractivity contribution in [3.05, 3.63) is 71.3 Å². The highest BCUT2D eigenvalue weighted by atomic mass is 19.1. The number of nitrogens with zero attached hydrogens (tertiary/aromatic N) is 2. The molecule has 4 rings (SSSR count). The summed E-state index contributed by atoms with van der Waals surface area (Å²) in [5.41, 5.74) is 3.06. The van der Waals surface area contributed by atoms with E-state index in [1.54, 1.807) is 6.07 Å². The number of aryl methyl sites for hydroxylation is 1. The van der Waals surface area contributed by atoms with Gasteiger partial charge in [0.25, 0.3) is 0 Å². The van der Waals surface area contributed by atoms with Crippen molar-refractivity contribution in [2.75, 3.05) is 33.9 Å². The molecule has 0 aliphatic heterocycles. The number of benzene rings is 2. The predicted octanol–water partition coefficient (Wildman–Crippen LogP) is 5.35. The highest BCUT2D eigenvalue weighted by Gasteiger charge is 2.45. The lowest BCUT2D eigenvalue weighted by Crippen LogP contribution is -2.46. The van der Waals surface area contributed by atoms with Crippen molar-refractivity contribution in [3.8, 4) is 0 Å². The molecule has 1 aliphatic carbocycles. The summed E-state index contributed by atoms with van der Waals surface area (Å²) in [7, 11) is 3.57. The Hall–Kier alpha value is -3.03. The maximum Gasteiger partial charge on any atom is 0.332 e. The van der Waals surface area contributed by atoms with Crippen molar-refractivity contribution >= 4 is 23.1 Å². The van der Waals surface area contributed by atoms with E-state index in [1.165, 1.54) is 13.2 Å². The number of nitrogens with one attached hydrogen (secondary N) is 1. The number of aromatic nitrogens is 2. The topological polar surface area (TPSA) is 67.5 Å². The lowest BCUT2D eigenvalue weighted by Gasteiger charge is -2.44. The number of aromatic amines is 1. The third kappa shape index (κ3) is 5.85. The number of esters is 1. The second kappa shape index (κ2) is 11.4. The molecule has 0 saturated heterocycles. The Kier molecular flexibility index (Phi) is 8.21. The van der Waals surface area contributed by atoms with Crippen LogP contribution in [0, 0.1) is 11.7 Å². The molecular formula is C29H36FN3O3. The van der Waals surface area contributed by atoms with Gasteiger partial charge in [-0.25, -0.2) is 14.2 Å². The summed E-state index contributed by atoms with van der Waals surface area (Å²) in [6, 6.07) is 12.9. The molecule has 2 atom stereocenters. The number of rotatable bonds is 11. The smallest absolute Gasteiger partial charge is 0.332 e. The summed E-state index contributed by atoms with van der Waals surface area (Å²) in [4.78, 5) is 23.0. The molecule has 192 valence electrons. The van der Waals surface area contributed by atoms with Crippen LogP contribution in [0.5, 0.6) is 0 Å². The van der Waals surface area contributed by atoms with E-state index in [2.05, 4.69) is 35.8 Å². The van der Waals surface area contributed by atoms with Gasteiger partial charge in [-0.05, 0) is 67.4 Å². The first-order valence-electron chi connectivity index (χ1n) is 12.6. The number of fused-ring (bicyclic) bond motifs is 2. The number of H-pyrrole nitrogens is 1. The van der Waals surface area contributed by atoms with Crippen LogP contribution in [0.1, 0.15) is 49.6 Å². The Labute approximate surface area is 212 Å². The third-order valence-electron chi connectivity index (χ3n) is 6.96. The molecule has 1 N–H and O–H groups in total. The zero-order chi connectivity index (χ0) is 25.7. The highest BCUT2D eigenvalue weighted by Crippen LogP contribution is 2.46. The van der Waals surface area contributed by atoms with Gasteiger partial charge in [0.15, 0.2) is 0 Å². The van der Waals surface area contributed by atoms with E-state index in [4.69, 9.17) is 9.47 Å². The van der Waals surface area contributed by atoms with Crippen LogP contribution in [-0.2, 0) is 20.7 Å². The molecule has 3 aromatic rings. The molecule has 1 heterocycles. The zero-order valence-electron chi connectivity index (χ0n) is 21.6. The molecule has 0 unspecified atom stereocenters. The fourth-order valence-corrected chi connectivity index (χ4v) is 5.36. The molecule has 36 heavy (non-hydrogen) atoms. The van der Waals surface area contributed by atoms with Crippen LogP contribution in [0.3, 0.4) is 0 Å². The third-order valence-corrected chi connectivity index (χ3v) is 6.96. The van der Waals surface area contributed by atoms with Gasteiger partial charge in [0, 0.05) is 32.4 Å². The lowest BCUT2D eigenvalue weighted by molar-refractivity contribution is -0.163. The van der Waals surface area contributed by atoms with E-state index in [0.29, 0.717) is 6.42 Å². The van der Waals surface area contributed by atoms with Crippen molar-refractivity contribution in [1.29, 1.82) is 0 Å². The van der Waals surface area contributed by atoms with Crippen LogP contribution in [0.25, 0.3) is 17.1 Å². The Morgan fingerprint density at radius 3 is 2.78 bits per heavy atom. The minimum atomic E-state index is -0.832. The predicted molar refractivity (Wildman–Crippen MR) is 140 cm³/mol. The number of hydrogen-bond donors (Lipinski definition) is 1. The van der Waals surface area contributed by atoms with Gasteiger partial charge < -0.3 is 19.4 Å². The molecule has 0 saturated carbocycles. The van der Waals surface area contributed by atoms with Gasteiger partial charge in [0.1, 0.15) is 23.8 Å². The van der Waals surface area contributed by atoms with E-state index in [1.807, 2.05) is 42.5 Å². The lowest BCUT2D eigenvalue weighted by atomic mass is 9.69. The number of carbonyl (C=O) groups excluding carboxylic acids is 1. The van der Waals surface area contributed by atoms with Gasteiger partial charge in [0.2, 0.25) is 0 Å². The van der Waals surface area contributed by atoms with E-state index >= 15 is 0 Å². The van der Waals surface area contributed by atoms with Crippen molar-refractivity contribution < 1.29 is 18.7 Å². The zero-order valence-corrected chi connectivity index (χ0v) is 21.6. The molecule has 6 nitrogen and oxygen atoms in total. The summed E-state index contributed by atoms with van der Waals surface area (Å²) in [6.07, 6.45) is 6.28. The van der Waals surface area contributed by atoms with Gasteiger partial charge in [-0.2, -0.15) is 0 Å². The molecule has 0 radical (unpaired) electrons. The number of para-hydroxylation sites is 2. The summed E-state index contributed by atoms with van der Waals surface area (Å²) in [5.74, 6) is 0.407. The molecular weight excluding hydrogens is 457 g/mol. The first-order valence-corrected chi connectivity index (χ1v) is 12.6. The van der Waals surface area contributed by atoms with E-state index < -0.39 is 11.6 Å². The average Bonchev–Trinajstić information content (AvgIpc) is 3.25. The summed E-state index contributed by atoms with van der Waals surface area (Å²) >= 11 is 0. The van der Waals surface area contributed by atoms with E-state index in [0.717, 1.165) is 53.9 Å². The fraction of sp³-hybridized carbons (Fsp3) is 0.448. The van der Waals surface area contributed by atoms with Gasteiger partial charge in [-0.15, -0.1) is 0 Å². The summed E-state index contributed by atoms with van der Waals surface area (Å²) < 4.78 is 25.1. The van der Waals surface area contributed by atoms with Crippen molar-refractivity contribution in [2.24, 2.45) is 5.92 Å². The maximum atomic E-state index is 13.9. The second-order valence-corrected chi connectivity index (χ2v) is 10.0. The normalized spacial score (nSPS) is 19.2. The minimum absolute atomic E-state index is 0.0946. The number of halogens is 1. The Balaban J connectivity index is 1.45. The Bertz CT molecular complexity index is 1190. The van der Waals surface area contributed by atoms with Crippen LogP contribution >= 0.6 is 0 Å². The van der Waals surface area contributed by atoms with Crippen molar-refractivity contribution in [3.63, 3.8) is 0 Å².